The molecule has 0 aliphatic heterocycles. The number of carbonyl (C=O) groups is 1. The zero-order valence-electron chi connectivity index (χ0n) is 5.41. The molecule has 2 aromatic rings. The molecular formula is C6H4BrN3O. The van der Waals surface area contributed by atoms with Crippen LogP contribution in [-0.4, -0.2) is 20.7 Å². The van der Waals surface area contributed by atoms with E-state index in [4.69, 9.17) is 0 Å². The first-order valence-corrected chi connectivity index (χ1v) is 3.78. The summed E-state index contributed by atoms with van der Waals surface area (Å²) in [6, 6.07) is 0. The van der Waals surface area contributed by atoms with Crippen molar-refractivity contribution in [3.63, 3.8) is 0 Å². The quantitative estimate of drug-likeness (QED) is 0.726. The van der Waals surface area contributed by atoms with Gasteiger partial charge in [0.05, 0.1) is 6.20 Å². The van der Waals surface area contributed by atoms with E-state index in [1.54, 1.807) is 16.8 Å². The van der Waals surface area contributed by atoms with Gasteiger partial charge < -0.3 is 4.98 Å². The van der Waals surface area contributed by atoms with E-state index in [0.717, 1.165) is 10.9 Å². The van der Waals surface area contributed by atoms with Crippen molar-refractivity contribution in [2.75, 3.05) is 0 Å². The predicted molar refractivity (Wildman–Crippen MR) is 42.6 cm³/mol. The van der Waals surface area contributed by atoms with E-state index in [2.05, 4.69) is 25.9 Å². The van der Waals surface area contributed by atoms with E-state index in [-0.39, 0.29) is 0 Å². The third-order valence-electron chi connectivity index (χ3n) is 1.45. The Labute approximate surface area is 70.4 Å². The van der Waals surface area contributed by atoms with Crippen LogP contribution in [-0.2, 0) is 0 Å². The van der Waals surface area contributed by atoms with Gasteiger partial charge >= 0.3 is 0 Å². The summed E-state index contributed by atoms with van der Waals surface area (Å²) in [5.41, 5.74) is 0.560. The van der Waals surface area contributed by atoms with Crippen LogP contribution in [0.3, 0.4) is 0 Å². The summed E-state index contributed by atoms with van der Waals surface area (Å²) >= 11 is 3.26. The second-order valence-electron chi connectivity index (χ2n) is 2.07. The van der Waals surface area contributed by atoms with Crippen LogP contribution in [0.1, 0.15) is 10.5 Å². The van der Waals surface area contributed by atoms with Crippen molar-refractivity contribution in [3.05, 3.63) is 22.7 Å². The Morgan fingerprint density at radius 2 is 2.55 bits per heavy atom. The summed E-state index contributed by atoms with van der Waals surface area (Å²) in [6.07, 6.45) is 4.02. The molecule has 0 spiro atoms. The molecule has 4 nitrogen and oxygen atoms in total. The smallest absolute Gasteiger partial charge is 0.212 e. The van der Waals surface area contributed by atoms with Crippen LogP contribution in [0.2, 0.25) is 0 Å². The maximum atomic E-state index is 10.4. The average molecular weight is 214 g/mol. The van der Waals surface area contributed by atoms with Crippen molar-refractivity contribution in [2.24, 2.45) is 0 Å². The number of aromatic amines is 1. The third-order valence-corrected chi connectivity index (χ3v) is 2.01. The summed E-state index contributed by atoms with van der Waals surface area (Å²) in [5, 5.41) is 0. The summed E-state index contributed by atoms with van der Waals surface area (Å²) in [5.74, 6) is 0.666. The molecule has 5 heteroatoms. The van der Waals surface area contributed by atoms with E-state index in [0.29, 0.717) is 11.5 Å². The first-order chi connectivity index (χ1) is 5.33. The topological polar surface area (TPSA) is 50.2 Å². The van der Waals surface area contributed by atoms with Gasteiger partial charge in [-0.2, -0.15) is 0 Å². The van der Waals surface area contributed by atoms with Gasteiger partial charge in [0.25, 0.3) is 0 Å². The number of hydrogen-bond donors (Lipinski definition) is 1. The lowest BCUT2D eigenvalue weighted by molar-refractivity contribution is 0.111. The van der Waals surface area contributed by atoms with Crippen molar-refractivity contribution in [1.82, 2.24) is 14.4 Å². The lowest BCUT2D eigenvalue weighted by Crippen LogP contribution is -1.86. The number of hydrogen-bond acceptors (Lipinski definition) is 2. The lowest BCUT2D eigenvalue weighted by Gasteiger charge is -1.86. The van der Waals surface area contributed by atoms with Crippen molar-refractivity contribution in [2.45, 2.75) is 0 Å². The monoisotopic (exact) mass is 213 g/mol. The minimum Gasteiger partial charge on any atom is -0.330 e. The van der Waals surface area contributed by atoms with E-state index < -0.39 is 0 Å². The number of rotatable bonds is 1. The van der Waals surface area contributed by atoms with Gasteiger partial charge in [0.2, 0.25) is 5.78 Å². The van der Waals surface area contributed by atoms with E-state index in [1.165, 1.54) is 0 Å². The largest absolute Gasteiger partial charge is 0.330 e. The Bertz CT molecular complexity index is 403. The second-order valence-corrected chi connectivity index (χ2v) is 2.88. The molecule has 0 amide bonds. The molecule has 2 rings (SSSR count). The molecule has 1 N–H and O–H groups in total. The number of carbonyl (C=O) groups excluding carboxylic acids is 1. The highest BCUT2D eigenvalue weighted by Crippen LogP contribution is 2.13. The van der Waals surface area contributed by atoms with Crippen molar-refractivity contribution < 1.29 is 4.79 Å². The Morgan fingerprint density at radius 1 is 1.73 bits per heavy atom. The summed E-state index contributed by atoms with van der Waals surface area (Å²) < 4.78 is 2.46. The number of H-pyrrole nitrogens is 1. The Morgan fingerprint density at radius 3 is 3.27 bits per heavy atom. The fraction of sp³-hybridized carbons (Fsp3) is 0. The molecule has 0 atom stereocenters. The van der Waals surface area contributed by atoms with Crippen LogP contribution in [0.4, 0.5) is 0 Å². The van der Waals surface area contributed by atoms with Gasteiger partial charge in [-0.1, -0.05) is 0 Å². The highest BCUT2D eigenvalue weighted by Gasteiger charge is 2.05. The van der Waals surface area contributed by atoms with E-state index in [9.17, 15) is 4.79 Å². The van der Waals surface area contributed by atoms with Crippen LogP contribution in [0.25, 0.3) is 5.78 Å². The van der Waals surface area contributed by atoms with Gasteiger partial charge in [-0.05, 0) is 15.9 Å². The number of nitrogens with zero attached hydrogens (tertiary/aromatic N) is 2. The molecule has 0 aromatic carbocycles. The maximum Gasteiger partial charge on any atom is 0.212 e. The zero-order chi connectivity index (χ0) is 7.84. The van der Waals surface area contributed by atoms with Crippen LogP contribution in [0.15, 0.2) is 17.0 Å². The maximum absolute atomic E-state index is 10.4. The Hall–Kier alpha value is -1.10. The number of imidazole rings is 2. The molecule has 0 radical (unpaired) electrons. The minimum absolute atomic E-state index is 0.560. The number of aromatic nitrogens is 3. The van der Waals surface area contributed by atoms with Crippen LogP contribution >= 0.6 is 15.9 Å². The highest BCUT2D eigenvalue weighted by atomic mass is 79.9. The minimum atomic E-state index is 0.560. The number of nitrogens with one attached hydrogen (secondary N) is 1. The number of halogens is 1. The lowest BCUT2D eigenvalue weighted by atomic mass is 10.5. The molecule has 0 saturated carbocycles. The average Bonchev–Trinajstić information content (AvgIpc) is 2.54. The zero-order valence-corrected chi connectivity index (χ0v) is 7.00. The highest BCUT2D eigenvalue weighted by molar-refractivity contribution is 9.10. The first kappa shape index (κ1) is 6.60. The van der Waals surface area contributed by atoms with E-state index in [1.807, 2.05) is 0 Å². The normalized spacial score (nSPS) is 10.6. The van der Waals surface area contributed by atoms with Crippen LogP contribution in [0.5, 0.6) is 0 Å². The first-order valence-electron chi connectivity index (χ1n) is 2.98. The molecule has 2 aromatic heterocycles. The molecule has 0 unspecified atom stereocenters. The van der Waals surface area contributed by atoms with E-state index >= 15 is 0 Å². The van der Waals surface area contributed by atoms with Crippen molar-refractivity contribution in [1.29, 1.82) is 0 Å². The van der Waals surface area contributed by atoms with Crippen LogP contribution < -0.4 is 0 Å². The Kier molecular flexibility index (Phi) is 1.32. The van der Waals surface area contributed by atoms with Gasteiger partial charge in [0.1, 0.15) is 10.3 Å². The molecule has 11 heavy (non-hydrogen) atoms. The molecule has 0 aliphatic carbocycles. The summed E-state index contributed by atoms with van der Waals surface area (Å²) in [4.78, 5) is 17.3. The third kappa shape index (κ3) is 0.808. The second kappa shape index (κ2) is 2.20. The fourth-order valence-electron chi connectivity index (χ4n) is 0.968. The molecule has 0 saturated heterocycles. The fourth-order valence-corrected chi connectivity index (χ4v) is 1.44. The molecule has 0 aliphatic rings. The number of fused-ring (bicyclic) bond motifs is 1. The molecule has 56 valence electrons. The van der Waals surface area contributed by atoms with Gasteiger partial charge in [-0.15, -0.1) is 0 Å². The molecule has 0 fully saturated rings. The SMILES string of the molecule is O=Cc1c[nH]c2ncc(Br)n12. The predicted octanol–water partition coefficient (Wildman–Crippen LogP) is 1.24. The van der Waals surface area contributed by atoms with Gasteiger partial charge in [-0.25, -0.2) is 4.98 Å². The van der Waals surface area contributed by atoms with Crippen LogP contribution in [0, 0.1) is 0 Å². The molecule has 0 bridgehead atoms. The summed E-state index contributed by atoms with van der Waals surface area (Å²) in [6.45, 7) is 0. The van der Waals surface area contributed by atoms with Crippen molar-refractivity contribution >= 4 is 28.0 Å². The Balaban J connectivity index is 2.90. The van der Waals surface area contributed by atoms with Gasteiger partial charge in [0.15, 0.2) is 6.29 Å². The summed E-state index contributed by atoms with van der Waals surface area (Å²) in [7, 11) is 0. The van der Waals surface area contributed by atoms with Crippen molar-refractivity contribution in [3.8, 4) is 0 Å². The standard InChI is InChI=1S/C6H4BrN3O/c7-5-2-9-6-8-1-4(3-11)10(5)6/h1-3H,(H,8,9). The number of aldehydes is 1. The van der Waals surface area contributed by atoms with Gasteiger partial charge in [-0.3, -0.25) is 9.20 Å². The molecular weight excluding hydrogens is 210 g/mol. The molecule has 2 heterocycles. The van der Waals surface area contributed by atoms with Gasteiger partial charge in [0, 0.05) is 6.20 Å².